The minimum Gasteiger partial charge on any atom is -0.370 e. The van der Waals surface area contributed by atoms with Crippen LogP contribution in [0.2, 0.25) is 0 Å². The van der Waals surface area contributed by atoms with E-state index in [1.165, 1.54) is 5.56 Å². The number of nitrogens with zero attached hydrogens (tertiary/aromatic N) is 2. The molecule has 1 amide bonds. The van der Waals surface area contributed by atoms with Gasteiger partial charge in [-0.2, -0.15) is 0 Å². The second-order valence-electron chi connectivity index (χ2n) is 5.16. The molecule has 0 saturated carbocycles. The maximum atomic E-state index is 11.9. The Morgan fingerprint density at radius 3 is 3.10 bits per heavy atom. The summed E-state index contributed by atoms with van der Waals surface area (Å²) in [7, 11) is 0. The number of pyridine rings is 1. The van der Waals surface area contributed by atoms with Crippen molar-refractivity contribution in [1.29, 1.82) is 0 Å². The molecule has 1 aromatic heterocycles. The summed E-state index contributed by atoms with van der Waals surface area (Å²) in [5.41, 5.74) is 1.20. The molecule has 1 aromatic rings. The van der Waals surface area contributed by atoms with Crippen LogP contribution in [0.15, 0.2) is 18.3 Å². The predicted molar refractivity (Wildman–Crippen MR) is 80.5 cm³/mol. The second-order valence-corrected chi connectivity index (χ2v) is 5.16. The van der Waals surface area contributed by atoms with Crippen LogP contribution in [-0.2, 0) is 11.3 Å². The van der Waals surface area contributed by atoms with Gasteiger partial charge < -0.3 is 10.6 Å². The van der Waals surface area contributed by atoms with Gasteiger partial charge in [0.25, 0.3) is 0 Å². The molecule has 0 spiro atoms. The van der Waals surface area contributed by atoms with E-state index >= 15 is 0 Å². The normalized spacial score (nSPS) is 19.7. The number of rotatable bonds is 6. The molecule has 0 aliphatic carbocycles. The van der Waals surface area contributed by atoms with Crippen molar-refractivity contribution in [2.24, 2.45) is 0 Å². The molecule has 110 valence electrons. The summed E-state index contributed by atoms with van der Waals surface area (Å²) in [6, 6.07) is 4.09. The molecule has 5 nitrogen and oxygen atoms in total. The SMILES string of the molecule is CCCNc1cc(CN2CCNC(=O)C2CC)ccn1. The molecule has 20 heavy (non-hydrogen) atoms. The van der Waals surface area contributed by atoms with E-state index in [1.807, 2.05) is 12.3 Å². The quantitative estimate of drug-likeness (QED) is 0.829. The van der Waals surface area contributed by atoms with Gasteiger partial charge in [-0.15, -0.1) is 0 Å². The first-order valence-electron chi connectivity index (χ1n) is 7.45. The minimum absolute atomic E-state index is 0.0102. The van der Waals surface area contributed by atoms with E-state index in [4.69, 9.17) is 0 Å². The third-order valence-corrected chi connectivity index (χ3v) is 3.59. The molecule has 5 heteroatoms. The summed E-state index contributed by atoms with van der Waals surface area (Å²) in [6.45, 7) is 7.57. The molecule has 1 aliphatic heterocycles. The van der Waals surface area contributed by atoms with E-state index in [9.17, 15) is 4.79 Å². The highest BCUT2D eigenvalue weighted by atomic mass is 16.2. The first-order valence-corrected chi connectivity index (χ1v) is 7.45. The summed E-state index contributed by atoms with van der Waals surface area (Å²) in [5.74, 6) is 1.07. The van der Waals surface area contributed by atoms with Gasteiger partial charge in [0.2, 0.25) is 5.91 Å². The van der Waals surface area contributed by atoms with E-state index in [-0.39, 0.29) is 11.9 Å². The fraction of sp³-hybridized carbons (Fsp3) is 0.600. The van der Waals surface area contributed by atoms with Gasteiger partial charge in [0.15, 0.2) is 0 Å². The molecule has 0 bridgehead atoms. The molecule has 1 fully saturated rings. The van der Waals surface area contributed by atoms with Crippen molar-refractivity contribution in [3.05, 3.63) is 23.9 Å². The molecule has 2 heterocycles. The van der Waals surface area contributed by atoms with Crippen molar-refractivity contribution in [1.82, 2.24) is 15.2 Å². The van der Waals surface area contributed by atoms with Crippen LogP contribution >= 0.6 is 0 Å². The molecule has 1 aliphatic rings. The lowest BCUT2D eigenvalue weighted by molar-refractivity contribution is -0.129. The van der Waals surface area contributed by atoms with Crippen molar-refractivity contribution < 1.29 is 4.79 Å². The first kappa shape index (κ1) is 14.8. The minimum atomic E-state index is -0.0102. The molecule has 1 saturated heterocycles. The van der Waals surface area contributed by atoms with Crippen molar-refractivity contribution >= 4 is 11.7 Å². The predicted octanol–water partition coefficient (Wildman–Crippen LogP) is 1.61. The summed E-state index contributed by atoms with van der Waals surface area (Å²) in [6.07, 6.45) is 3.76. The molecular weight excluding hydrogens is 252 g/mol. The second kappa shape index (κ2) is 7.24. The zero-order valence-electron chi connectivity index (χ0n) is 12.4. The van der Waals surface area contributed by atoms with Crippen LogP contribution in [0.5, 0.6) is 0 Å². The van der Waals surface area contributed by atoms with Crippen LogP contribution in [0, 0.1) is 0 Å². The third kappa shape index (κ3) is 3.70. The summed E-state index contributed by atoms with van der Waals surface area (Å²) in [4.78, 5) is 18.4. The molecule has 2 rings (SSSR count). The van der Waals surface area contributed by atoms with Gasteiger partial charge in [-0.25, -0.2) is 4.98 Å². The van der Waals surface area contributed by atoms with Crippen molar-refractivity contribution in [2.75, 3.05) is 25.0 Å². The van der Waals surface area contributed by atoms with Gasteiger partial charge in [0.05, 0.1) is 6.04 Å². The number of nitrogens with one attached hydrogen (secondary N) is 2. The van der Waals surface area contributed by atoms with Crippen LogP contribution in [-0.4, -0.2) is 41.5 Å². The van der Waals surface area contributed by atoms with Gasteiger partial charge in [0.1, 0.15) is 5.82 Å². The Kier molecular flexibility index (Phi) is 5.35. The monoisotopic (exact) mass is 276 g/mol. The maximum absolute atomic E-state index is 11.9. The Morgan fingerprint density at radius 2 is 2.35 bits per heavy atom. The smallest absolute Gasteiger partial charge is 0.237 e. The molecule has 1 unspecified atom stereocenters. The maximum Gasteiger partial charge on any atom is 0.237 e. The standard InChI is InChI=1S/C15H24N4O/c1-3-6-16-14-10-12(5-7-17-14)11-19-9-8-18-15(20)13(19)4-2/h5,7,10,13H,3-4,6,8-9,11H2,1-2H3,(H,16,17)(H,18,20). The number of hydrogen-bond acceptors (Lipinski definition) is 4. The Labute approximate surface area is 120 Å². The third-order valence-electron chi connectivity index (χ3n) is 3.59. The molecule has 0 aromatic carbocycles. The van der Waals surface area contributed by atoms with Crippen LogP contribution in [0.4, 0.5) is 5.82 Å². The number of carbonyl (C=O) groups is 1. The number of anilines is 1. The van der Waals surface area contributed by atoms with E-state index < -0.39 is 0 Å². The van der Waals surface area contributed by atoms with Crippen LogP contribution in [0.25, 0.3) is 0 Å². The fourth-order valence-corrected chi connectivity index (χ4v) is 2.55. The van der Waals surface area contributed by atoms with Crippen LogP contribution in [0.3, 0.4) is 0 Å². The van der Waals surface area contributed by atoms with Gasteiger partial charge >= 0.3 is 0 Å². The van der Waals surface area contributed by atoms with Gasteiger partial charge in [-0.1, -0.05) is 13.8 Å². The lowest BCUT2D eigenvalue weighted by Gasteiger charge is -2.34. The number of aromatic nitrogens is 1. The van der Waals surface area contributed by atoms with E-state index in [2.05, 4.69) is 40.4 Å². The number of carbonyl (C=O) groups excluding carboxylic acids is 1. The average molecular weight is 276 g/mol. The average Bonchev–Trinajstić information content (AvgIpc) is 2.46. The Hall–Kier alpha value is -1.62. The number of hydrogen-bond donors (Lipinski definition) is 2. The zero-order valence-corrected chi connectivity index (χ0v) is 12.4. The van der Waals surface area contributed by atoms with E-state index in [0.29, 0.717) is 0 Å². The molecular formula is C15H24N4O. The first-order chi connectivity index (χ1) is 9.74. The highest BCUT2D eigenvalue weighted by molar-refractivity contribution is 5.82. The number of piperazine rings is 1. The van der Waals surface area contributed by atoms with Gasteiger partial charge in [-0.05, 0) is 30.5 Å². The van der Waals surface area contributed by atoms with Crippen LogP contribution < -0.4 is 10.6 Å². The summed E-state index contributed by atoms with van der Waals surface area (Å²) >= 11 is 0. The van der Waals surface area contributed by atoms with Gasteiger partial charge in [0, 0.05) is 32.4 Å². The highest BCUT2D eigenvalue weighted by Gasteiger charge is 2.27. The van der Waals surface area contributed by atoms with Crippen molar-refractivity contribution in [3.8, 4) is 0 Å². The van der Waals surface area contributed by atoms with Crippen LogP contribution in [0.1, 0.15) is 32.3 Å². The largest absolute Gasteiger partial charge is 0.370 e. The van der Waals surface area contributed by atoms with Gasteiger partial charge in [-0.3, -0.25) is 9.69 Å². The lowest BCUT2D eigenvalue weighted by atomic mass is 10.1. The summed E-state index contributed by atoms with van der Waals surface area (Å²) < 4.78 is 0. The molecule has 1 atom stereocenters. The van der Waals surface area contributed by atoms with Crippen molar-refractivity contribution in [2.45, 2.75) is 39.3 Å². The molecule has 2 N–H and O–H groups in total. The zero-order chi connectivity index (χ0) is 14.4. The summed E-state index contributed by atoms with van der Waals surface area (Å²) in [5, 5.41) is 6.23. The highest BCUT2D eigenvalue weighted by Crippen LogP contribution is 2.15. The Bertz CT molecular complexity index is 449. The van der Waals surface area contributed by atoms with Crippen molar-refractivity contribution in [3.63, 3.8) is 0 Å². The lowest BCUT2D eigenvalue weighted by Crippen LogP contribution is -2.54. The van der Waals surface area contributed by atoms with E-state index in [1.54, 1.807) is 0 Å². The Morgan fingerprint density at radius 1 is 1.50 bits per heavy atom. The Balaban J connectivity index is 2.02. The molecule has 0 radical (unpaired) electrons. The fourth-order valence-electron chi connectivity index (χ4n) is 2.55. The van der Waals surface area contributed by atoms with E-state index in [0.717, 1.165) is 44.8 Å². The number of amides is 1. The topological polar surface area (TPSA) is 57.3 Å².